The van der Waals surface area contributed by atoms with Crippen molar-refractivity contribution in [2.24, 2.45) is 16.7 Å². The molecule has 32 heavy (non-hydrogen) atoms. The highest BCUT2D eigenvalue weighted by atomic mass is 16.6. The Morgan fingerprint density at radius 1 is 0.938 bits per heavy atom. The predicted octanol–water partition coefficient (Wildman–Crippen LogP) is 5.16. The van der Waals surface area contributed by atoms with Gasteiger partial charge >= 0.3 is 11.9 Å². The average Bonchev–Trinajstić information content (AvgIpc) is 3.00. The molecule has 3 atom stereocenters. The minimum atomic E-state index is -1.04. The van der Waals surface area contributed by atoms with Crippen LogP contribution in [0.5, 0.6) is 0 Å². The monoisotopic (exact) mass is 450 g/mol. The minimum Gasteiger partial charge on any atom is -0.464 e. The molecule has 0 aromatic heterocycles. The fourth-order valence-corrected chi connectivity index (χ4v) is 6.02. The van der Waals surface area contributed by atoms with Crippen molar-refractivity contribution in [3.05, 3.63) is 0 Å². The van der Waals surface area contributed by atoms with Crippen LogP contribution < -0.4 is 0 Å². The van der Waals surface area contributed by atoms with E-state index < -0.39 is 11.0 Å². The molecule has 0 radical (unpaired) electrons. The zero-order chi connectivity index (χ0) is 23.6. The van der Waals surface area contributed by atoms with Gasteiger partial charge in [0.05, 0.1) is 5.60 Å². The Morgan fingerprint density at radius 3 is 2.03 bits per heavy atom. The lowest BCUT2D eigenvalue weighted by atomic mass is 9.50. The molecule has 0 aromatic carbocycles. The first-order valence-electron chi connectivity index (χ1n) is 12.6. The molecule has 2 aliphatic carbocycles. The zero-order valence-corrected chi connectivity index (χ0v) is 20.7. The van der Waals surface area contributed by atoms with Crippen molar-refractivity contribution in [2.45, 2.75) is 116 Å². The number of ether oxygens (including phenoxy) is 3. The number of unbranched alkanes of at least 4 members (excludes halogenated alkanes) is 2. The van der Waals surface area contributed by atoms with Gasteiger partial charge in [0.25, 0.3) is 0 Å². The van der Waals surface area contributed by atoms with Gasteiger partial charge in [-0.1, -0.05) is 33.6 Å². The van der Waals surface area contributed by atoms with E-state index in [9.17, 15) is 14.4 Å². The van der Waals surface area contributed by atoms with Crippen LogP contribution in [0.15, 0.2) is 0 Å². The molecule has 2 saturated carbocycles. The van der Waals surface area contributed by atoms with Gasteiger partial charge in [-0.3, -0.25) is 14.4 Å². The second-order valence-corrected chi connectivity index (χ2v) is 11.2. The topological polar surface area (TPSA) is 78.9 Å². The van der Waals surface area contributed by atoms with Gasteiger partial charge in [0.1, 0.15) is 24.2 Å². The van der Waals surface area contributed by atoms with Crippen molar-refractivity contribution in [3.63, 3.8) is 0 Å². The molecule has 0 aromatic rings. The lowest BCUT2D eigenvalue weighted by Gasteiger charge is -2.55. The second kappa shape index (κ2) is 9.44. The van der Waals surface area contributed by atoms with Crippen molar-refractivity contribution in [1.82, 2.24) is 0 Å². The summed E-state index contributed by atoms with van der Waals surface area (Å²) in [5.41, 5.74) is -2.54. The highest BCUT2D eigenvalue weighted by Crippen LogP contribution is 2.65. The van der Waals surface area contributed by atoms with Gasteiger partial charge in [-0.2, -0.15) is 0 Å². The standard InChI is InChI=1S/C26H42O6/c1-6-8-10-20(27)30-17-25(18-31-21(28)11-9-7-2)15-14-24(5)13-12-19-16-26(24,22(25)29)32-23(19,3)4/h19H,6-18H2,1-5H3/t19-,24-,26?/m1/s1. The zero-order valence-electron chi connectivity index (χ0n) is 20.7. The molecule has 3 fully saturated rings. The fraction of sp³-hybridized carbons (Fsp3) is 0.885. The van der Waals surface area contributed by atoms with Gasteiger partial charge < -0.3 is 14.2 Å². The number of esters is 2. The summed E-state index contributed by atoms with van der Waals surface area (Å²) >= 11 is 0. The molecule has 6 heteroatoms. The number of hydrogen-bond donors (Lipinski definition) is 0. The molecule has 1 saturated heterocycles. The Hall–Kier alpha value is -1.43. The Kier molecular flexibility index (Phi) is 7.43. The number of fused-ring (bicyclic) bond motifs is 1. The maximum atomic E-state index is 14.3. The summed E-state index contributed by atoms with van der Waals surface area (Å²) in [6, 6.07) is 0. The van der Waals surface area contributed by atoms with E-state index in [-0.39, 0.29) is 42.0 Å². The summed E-state index contributed by atoms with van der Waals surface area (Å²) in [7, 11) is 0. The minimum absolute atomic E-state index is 0.0272. The maximum Gasteiger partial charge on any atom is 0.305 e. The molecule has 1 unspecified atom stereocenters. The summed E-state index contributed by atoms with van der Waals surface area (Å²) in [5, 5.41) is 0. The first-order valence-corrected chi connectivity index (χ1v) is 12.6. The van der Waals surface area contributed by atoms with Crippen molar-refractivity contribution in [1.29, 1.82) is 0 Å². The van der Waals surface area contributed by atoms with E-state index >= 15 is 0 Å². The molecule has 1 spiro atoms. The van der Waals surface area contributed by atoms with Crippen LogP contribution in [0.1, 0.15) is 105 Å². The third-order valence-corrected chi connectivity index (χ3v) is 8.47. The Morgan fingerprint density at radius 2 is 1.50 bits per heavy atom. The van der Waals surface area contributed by atoms with E-state index in [1.54, 1.807) is 0 Å². The van der Waals surface area contributed by atoms with Crippen LogP contribution in [0.2, 0.25) is 0 Å². The van der Waals surface area contributed by atoms with E-state index in [4.69, 9.17) is 14.2 Å². The normalized spacial score (nSPS) is 32.3. The van der Waals surface area contributed by atoms with E-state index in [0.717, 1.165) is 44.9 Å². The van der Waals surface area contributed by atoms with Crippen molar-refractivity contribution < 1.29 is 28.6 Å². The number of hydrogen-bond acceptors (Lipinski definition) is 6. The summed E-state index contributed by atoms with van der Waals surface area (Å²) in [6.45, 7) is 10.3. The number of Topliss-reactive ketones (excluding diaryl/α,β-unsaturated/α-hetero) is 1. The third-order valence-electron chi connectivity index (χ3n) is 8.47. The van der Waals surface area contributed by atoms with Gasteiger partial charge in [0.15, 0.2) is 5.78 Å². The SMILES string of the molecule is CCCCC(=O)OCC1(COC(=O)CCCC)CC[C@@]2(C)CC[C@@H]3CC2(OC3(C)C)C1=O. The van der Waals surface area contributed by atoms with Gasteiger partial charge in [-0.15, -0.1) is 0 Å². The largest absolute Gasteiger partial charge is 0.464 e. The molecule has 0 amide bonds. The smallest absolute Gasteiger partial charge is 0.305 e. The van der Waals surface area contributed by atoms with Gasteiger partial charge in [-0.25, -0.2) is 0 Å². The maximum absolute atomic E-state index is 14.3. The van der Waals surface area contributed by atoms with Gasteiger partial charge in [0, 0.05) is 18.3 Å². The molecule has 182 valence electrons. The van der Waals surface area contributed by atoms with Crippen LogP contribution in [0.25, 0.3) is 0 Å². The van der Waals surface area contributed by atoms with Crippen molar-refractivity contribution >= 4 is 17.7 Å². The quantitative estimate of drug-likeness (QED) is 0.428. The lowest BCUT2D eigenvalue weighted by molar-refractivity contribution is -0.205. The van der Waals surface area contributed by atoms with E-state index in [2.05, 4.69) is 20.8 Å². The molecular weight excluding hydrogens is 408 g/mol. The fourth-order valence-electron chi connectivity index (χ4n) is 6.02. The number of carbonyl (C=O) groups is 3. The molecule has 3 aliphatic rings. The van der Waals surface area contributed by atoms with E-state index in [1.807, 2.05) is 13.8 Å². The van der Waals surface area contributed by atoms with Crippen molar-refractivity contribution in [2.75, 3.05) is 13.2 Å². The second-order valence-electron chi connectivity index (χ2n) is 11.2. The van der Waals surface area contributed by atoms with E-state index in [0.29, 0.717) is 31.6 Å². The summed E-state index contributed by atoms with van der Waals surface area (Å²) in [5.74, 6) is -0.289. The molecule has 1 heterocycles. The number of carbonyl (C=O) groups excluding carboxylic acids is 3. The van der Waals surface area contributed by atoms with Gasteiger partial charge in [0.2, 0.25) is 0 Å². The summed E-state index contributed by atoms with van der Waals surface area (Å²) in [6.07, 6.45) is 8.04. The van der Waals surface area contributed by atoms with Crippen LogP contribution >= 0.6 is 0 Å². The number of rotatable bonds is 10. The average molecular weight is 451 g/mol. The lowest BCUT2D eigenvalue weighted by Crippen LogP contribution is -2.65. The Bertz CT molecular complexity index is 704. The summed E-state index contributed by atoms with van der Waals surface area (Å²) < 4.78 is 17.9. The Labute approximate surface area is 193 Å². The number of ketones is 1. The van der Waals surface area contributed by atoms with Gasteiger partial charge in [-0.05, 0) is 64.7 Å². The highest BCUT2D eigenvalue weighted by Gasteiger charge is 2.71. The molecule has 6 nitrogen and oxygen atoms in total. The summed E-state index contributed by atoms with van der Waals surface area (Å²) in [4.78, 5) is 38.9. The molecular formula is C26H42O6. The van der Waals surface area contributed by atoms with Crippen LogP contribution in [-0.4, -0.2) is 42.1 Å². The first kappa shape index (κ1) is 25.2. The Balaban J connectivity index is 1.86. The predicted molar refractivity (Wildman–Crippen MR) is 121 cm³/mol. The first-order chi connectivity index (χ1) is 15.0. The van der Waals surface area contributed by atoms with E-state index in [1.165, 1.54) is 0 Å². The highest BCUT2D eigenvalue weighted by molar-refractivity contribution is 5.95. The van der Waals surface area contributed by atoms with Crippen LogP contribution in [-0.2, 0) is 28.6 Å². The van der Waals surface area contributed by atoms with Crippen LogP contribution in [0, 0.1) is 16.7 Å². The molecule has 2 bridgehead atoms. The molecule has 0 N–H and O–H groups in total. The van der Waals surface area contributed by atoms with Crippen molar-refractivity contribution in [3.8, 4) is 0 Å². The van der Waals surface area contributed by atoms with Crippen LogP contribution in [0.3, 0.4) is 0 Å². The molecule has 1 aliphatic heterocycles. The van der Waals surface area contributed by atoms with Crippen LogP contribution in [0.4, 0.5) is 0 Å². The third kappa shape index (κ3) is 4.49. The molecule has 3 rings (SSSR count).